The van der Waals surface area contributed by atoms with Crippen LogP contribution in [-0.4, -0.2) is 125 Å². The van der Waals surface area contributed by atoms with Crippen molar-refractivity contribution in [3.63, 3.8) is 0 Å². The third-order valence-corrected chi connectivity index (χ3v) is 9.98. The average Bonchev–Trinajstić information content (AvgIpc) is 3.33. The molecule has 58 heavy (non-hydrogen) atoms. The standard InChI is InChI=1S/C41H44N2O15/c1-19-14-21-29-34-30(39(50)38(21)43-18-27(49)58-13-11-56-9-7-45)22(46)15-24(52-3)32(34)33-25(53-4)16-23(47)31-36(33)35(29)37(41(54-5)40(31)51)28(19)20(2)42-17-26(48)57-12-10-55-8-6-44/h14-16,28,43-47H,6-13,17-18H2,1-5H3/b42-20+. The lowest BCUT2D eigenvalue weighted by molar-refractivity contribution is -0.144. The maximum atomic E-state index is 14.7. The first-order valence-corrected chi connectivity index (χ1v) is 18.3. The minimum absolute atomic E-state index is 0.0377. The van der Waals surface area contributed by atoms with E-state index in [2.05, 4.69) is 10.3 Å². The number of ether oxygens (including phenoxy) is 7. The SMILES string of the molecule is COc1c2c3c4c(c(NCC(=O)OCCOCCO)c(=O)c5c(O)cc(OC)c(c6c(OC)cc(O)c(c1=O)c63)c54)C=C(C)C2/C(C)=N/CC(=O)OCCOCCO. The van der Waals surface area contributed by atoms with Crippen molar-refractivity contribution in [3.05, 3.63) is 49.3 Å². The first-order chi connectivity index (χ1) is 27.9. The number of aliphatic hydroxyl groups excluding tert-OH is 2. The molecular formula is C41H44N2O15. The van der Waals surface area contributed by atoms with Crippen LogP contribution >= 0.6 is 0 Å². The topological polar surface area (TPSA) is 238 Å². The van der Waals surface area contributed by atoms with Gasteiger partial charge in [0.15, 0.2) is 5.75 Å². The summed E-state index contributed by atoms with van der Waals surface area (Å²) in [6.07, 6.45) is 1.70. The summed E-state index contributed by atoms with van der Waals surface area (Å²) in [5.74, 6) is -2.97. The van der Waals surface area contributed by atoms with Crippen LogP contribution in [0.15, 0.2) is 32.3 Å². The van der Waals surface area contributed by atoms with Gasteiger partial charge in [-0.25, -0.2) is 0 Å². The molecule has 5 N–H and O–H groups in total. The minimum Gasteiger partial charge on any atom is -0.507 e. The summed E-state index contributed by atoms with van der Waals surface area (Å²) >= 11 is 0. The van der Waals surface area contributed by atoms with Crippen molar-refractivity contribution in [2.24, 2.45) is 4.99 Å². The summed E-state index contributed by atoms with van der Waals surface area (Å²) in [5.41, 5.74) is 0.0699. The molecule has 1 aliphatic carbocycles. The molecule has 0 saturated heterocycles. The van der Waals surface area contributed by atoms with E-state index in [1.54, 1.807) is 19.9 Å². The van der Waals surface area contributed by atoms with Gasteiger partial charge in [0.25, 0.3) is 0 Å². The van der Waals surface area contributed by atoms with E-state index in [1.807, 2.05) is 0 Å². The van der Waals surface area contributed by atoms with Crippen LogP contribution in [0.25, 0.3) is 49.2 Å². The van der Waals surface area contributed by atoms with Crippen LogP contribution in [0.1, 0.15) is 30.9 Å². The molecule has 1 atom stereocenters. The lowest BCUT2D eigenvalue weighted by atomic mass is 9.80. The summed E-state index contributed by atoms with van der Waals surface area (Å²) in [6, 6.07) is 2.56. The van der Waals surface area contributed by atoms with E-state index in [0.29, 0.717) is 38.4 Å². The first kappa shape index (κ1) is 41.6. The lowest BCUT2D eigenvalue weighted by Crippen LogP contribution is -2.23. The largest absolute Gasteiger partial charge is 0.507 e. The predicted octanol–water partition coefficient (Wildman–Crippen LogP) is 2.81. The Morgan fingerprint density at radius 1 is 0.707 bits per heavy atom. The van der Waals surface area contributed by atoms with Crippen molar-refractivity contribution in [2.45, 2.75) is 19.8 Å². The molecule has 0 aliphatic heterocycles. The van der Waals surface area contributed by atoms with Crippen LogP contribution in [0, 0.1) is 0 Å². The van der Waals surface area contributed by atoms with Crippen LogP contribution in [0.3, 0.4) is 0 Å². The van der Waals surface area contributed by atoms with E-state index in [1.165, 1.54) is 33.5 Å². The number of fused-ring (bicyclic) bond motifs is 1. The fourth-order valence-electron chi connectivity index (χ4n) is 7.75. The van der Waals surface area contributed by atoms with Gasteiger partial charge in [0, 0.05) is 61.8 Å². The molecule has 1 aliphatic rings. The highest BCUT2D eigenvalue weighted by Gasteiger charge is 2.36. The molecule has 5 aromatic rings. The normalized spacial score (nSPS) is 14.0. The molecule has 17 heteroatoms. The third-order valence-electron chi connectivity index (χ3n) is 9.98. The third kappa shape index (κ3) is 7.32. The minimum atomic E-state index is -0.876. The monoisotopic (exact) mass is 804 g/mol. The fraction of sp³-hybridized carbons (Fsp3) is 0.390. The molecule has 1 unspecified atom stereocenters. The maximum Gasteiger partial charge on any atom is 0.327 e. The zero-order valence-electron chi connectivity index (χ0n) is 32.6. The summed E-state index contributed by atoms with van der Waals surface area (Å²) < 4.78 is 38.3. The first-order valence-electron chi connectivity index (χ1n) is 18.3. The summed E-state index contributed by atoms with van der Waals surface area (Å²) in [6.45, 7) is 2.26. The number of anilines is 1. The molecule has 0 saturated carbocycles. The van der Waals surface area contributed by atoms with Crippen molar-refractivity contribution < 1.29 is 63.2 Å². The predicted molar refractivity (Wildman–Crippen MR) is 215 cm³/mol. The maximum absolute atomic E-state index is 14.7. The Bertz CT molecular complexity index is 2570. The van der Waals surface area contributed by atoms with Crippen LogP contribution in [0.5, 0.6) is 28.7 Å². The quantitative estimate of drug-likeness (QED) is 0.0265. The zero-order valence-corrected chi connectivity index (χ0v) is 32.6. The Hall–Kier alpha value is -6.01. The number of allylic oxidation sites excluding steroid dienone is 1. The number of hydrogen-bond donors (Lipinski definition) is 5. The van der Waals surface area contributed by atoms with Gasteiger partial charge in [0.05, 0.1) is 77.4 Å². The zero-order chi connectivity index (χ0) is 41.8. The van der Waals surface area contributed by atoms with E-state index in [4.69, 9.17) is 43.4 Å². The van der Waals surface area contributed by atoms with Gasteiger partial charge in [0.2, 0.25) is 10.9 Å². The average molecular weight is 805 g/mol. The number of phenols is 2. The van der Waals surface area contributed by atoms with Crippen LogP contribution < -0.4 is 30.4 Å². The molecule has 17 nitrogen and oxygen atoms in total. The van der Waals surface area contributed by atoms with Gasteiger partial charge in [-0.3, -0.25) is 24.2 Å². The number of carbonyl (C=O) groups is 2. The van der Waals surface area contributed by atoms with E-state index < -0.39 is 53.3 Å². The van der Waals surface area contributed by atoms with E-state index in [0.717, 1.165) is 0 Å². The second kappa shape index (κ2) is 17.6. The summed E-state index contributed by atoms with van der Waals surface area (Å²) in [4.78, 5) is 59.6. The van der Waals surface area contributed by atoms with Crippen LogP contribution in [-0.2, 0) is 28.5 Å². The van der Waals surface area contributed by atoms with Gasteiger partial charge >= 0.3 is 11.9 Å². The number of nitrogens with zero attached hydrogens (tertiary/aromatic N) is 1. The molecule has 308 valence electrons. The molecule has 0 heterocycles. The molecular weight excluding hydrogens is 760 g/mol. The van der Waals surface area contributed by atoms with Gasteiger partial charge < -0.3 is 58.9 Å². The lowest BCUT2D eigenvalue weighted by Gasteiger charge is -2.25. The van der Waals surface area contributed by atoms with Gasteiger partial charge in [-0.2, -0.15) is 0 Å². The van der Waals surface area contributed by atoms with E-state index in [-0.39, 0.29) is 103 Å². The van der Waals surface area contributed by atoms with Gasteiger partial charge in [-0.15, -0.1) is 0 Å². The van der Waals surface area contributed by atoms with Gasteiger partial charge in [0.1, 0.15) is 49.3 Å². The molecule has 5 aromatic carbocycles. The number of aromatic hydroxyl groups is 2. The summed E-state index contributed by atoms with van der Waals surface area (Å²) in [5, 5.41) is 45.4. The number of nitrogens with one attached hydrogen (secondary N) is 1. The molecule has 0 bridgehead atoms. The van der Waals surface area contributed by atoms with Gasteiger partial charge in [-0.1, -0.05) is 11.6 Å². The van der Waals surface area contributed by atoms with Crippen LogP contribution in [0.4, 0.5) is 5.69 Å². The number of aliphatic hydroxyl groups is 2. The van der Waals surface area contributed by atoms with Crippen molar-refractivity contribution in [2.75, 3.05) is 92.6 Å². The molecule has 0 radical (unpaired) electrons. The van der Waals surface area contributed by atoms with Crippen LogP contribution in [0.2, 0.25) is 0 Å². The Morgan fingerprint density at radius 2 is 1.26 bits per heavy atom. The van der Waals surface area contributed by atoms with E-state index >= 15 is 0 Å². The highest BCUT2D eigenvalue weighted by molar-refractivity contribution is 6.39. The number of aliphatic imine (C=N–C) groups is 1. The van der Waals surface area contributed by atoms with Crippen molar-refractivity contribution in [1.82, 2.24) is 0 Å². The Kier molecular flexibility index (Phi) is 12.7. The van der Waals surface area contributed by atoms with Gasteiger partial charge in [-0.05, 0) is 19.2 Å². The highest BCUT2D eigenvalue weighted by Crippen LogP contribution is 2.56. The number of hydrogen-bond acceptors (Lipinski definition) is 17. The van der Waals surface area contributed by atoms with Crippen molar-refractivity contribution in [1.29, 1.82) is 0 Å². The molecule has 0 amide bonds. The molecule has 0 spiro atoms. The second-order valence-corrected chi connectivity index (χ2v) is 13.3. The van der Waals surface area contributed by atoms with Crippen molar-refractivity contribution >= 4 is 72.5 Å². The van der Waals surface area contributed by atoms with E-state index in [9.17, 15) is 29.4 Å². The highest BCUT2D eigenvalue weighted by atomic mass is 16.6. The number of benzene rings is 5. The molecule has 6 rings (SSSR count). The Labute approximate surface area is 330 Å². The number of carbonyl (C=O) groups excluding carboxylic acids is 2. The Morgan fingerprint density at radius 3 is 1.81 bits per heavy atom. The van der Waals surface area contributed by atoms with Crippen molar-refractivity contribution in [3.8, 4) is 28.7 Å². The number of methoxy groups -OCH3 is 3. The number of rotatable bonds is 19. The smallest absolute Gasteiger partial charge is 0.327 e. The Balaban J connectivity index is 1.69. The second-order valence-electron chi connectivity index (χ2n) is 13.3. The number of phenolic OH excluding ortho intramolecular Hbond substituents is 2. The number of esters is 2. The molecule has 0 aromatic heterocycles. The summed E-state index contributed by atoms with van der Waals surface area (Å²) in [7, 11) is 4.08. The molecule has 0 fully saturated rings. The fourth-order valence-corrected chi connectivity index (χ4v) is 7.75.